The Hall–Kier alpha value is -2.96. The van der Waals surface area contributed by atoms with Crippen molar-refractivity contribution in [1.29, 1.82) is 0 Å². The molecule has 0 saturated carbocycles. The zero-order chi connectivity index (χ0) is 29.4. The van der Waals surface area contributed by atoms with Gasteiger partial charge in [-0.3, -0.25) is 9.59 Å². The number of benzene rings is 2. The molecule has 1 aliphatic heterocycles. The number of nitrogens with one attached hydrogen (secondary N) is 1. The van der Waals surface area contributed by atoms with Crippen LogP contribution in [0.1, 0.15) is 38.3 Å². The fourth-order valence-corrected chi connectivity index (χ4v) is 5.31. The molecule has 2 aromatic rings. The lowest BCUT2D eigenvalue weighted by Crippen LogP contribution is -2.46. The maximum Gasteiger partial charge on any atom is 0.347 e. The van der Waals surface area contributed by atoms with Gasteiger partial charge in [0.05, 0.1) is 6.61 Å². The molecular formula is C28H35ClF3N3O5S. The molecular weight excluding hydrogens is 583 g/mol. The highest BCUT2D eigenvalue weighted by Crippen LogP contribution is 2.26. The fourth-order valence-electron chi connectivity index (χ4n) is 4.15. The van der Waals surface area contributed by atoms with E-state index >= 15 is 0 Å². The van der Waals surface area contributed by atoms with Crippen molar-refractivity contribution in [3.8, 4) is 5.75 Å². The van der Waals surface area contributed by atoms with Gasteiger partial charge in [0.25, 0.3) is 5.91 Å². The predicted molar refractivity (Wildman–Crippen MR) is 152 cm³/mol. The molecule has 0 bridgehead atoms. The van der Waals surface area contributed by atoms with Gasteiger partial charge in [0.2, 0.25) is 5.91 Å². The van der Waals surface area contributed by atoms with Crippen LogP contribution in [0.2, 0.25) is 0 Å². The van der Waals surface area contributed by atoms with Gasteiger partial charge in [0.15, 0.2) is 23.1 Å². The Bertz CT molecular complexity index is 1210. The standard InChI is InChI=1S/C28H34F3N3O5S.ClH/c1-4-38-28(37)25(16(2)3)39-20-7-5-17(6-8-20)15-33-26(36)27-34(9-10-40-27)24(35)13-19(32)11-18-12-22(30)23(31)14-21(18)29;/h5-8,12,14,16,19,25,27H,4,9-11,13,15,32H2,1-3H3,(H,33,36);1H/t19-,25+,27+;/m1./s1. The Balaban J connectivity index is 0.00000588. The zero-order valence-corrected chi connectivity index (χ0v) is 24.7. The molecule has 1 heterocycles. The number of nitrogens with zero attached hydrogens (tertiary/aromatic N) is 1. The van der Waals surface area contributed by atoms with Crippen LogP contribution in [0, 0.1) is 23.4 Å². The summed E-state index contributed by atoms with van der Waals surface area (Å²) in [5.41, 5.74) is 6.67. The molecule has 13 heteroatoms. The number of carbonyl (C=O) groups is 3. The number of esters is 1. The quantitative estimate of drug-likeness (QED) is 0.274. The van der Waals surface area contributed by atoms with Gasteiger partial charge in [-0.1, -0.05) is 26.0 Å². The number of ether oxygens (including phenoxy) is 2. The van der Waals surface area contributed by atoms with Crippen molar-refractivity contribution in [2.45, 2.75) is 57.7 Å². The van der Waals surface area contributed by atoms with E-state index in [1.54, 1.807) is 31.2 Å². The van der Waals surface area contributed by atoms with Gasteiger partial charge < -0.3 is 25.4 Å². The van der Waals surface area contributed by atoms with E-state index in [1.807, 2.05) is 13.8 Å². The molecule has 226 valence electrons. The molecule has 2 amide bonds. The van der Waals surface area contributed by atoms with Crippen LogP contribution in [0.25, 0.3) is 0 Å². The molecule has 1 aliphatic rings. The summed E-state index contributed by atoms with van der Waals surface area (Å²) in [5, 5.41) is 2.07. The number of rotatable bonds is 12. The normalized spacial score (nSPS) is 16.1. The van der Waals surface area contributed by atoms with Gasteiger partial charge in [-0.25, -0.2) is 18.0 Å². The third-order valence-electron chi connectivity index (χ3n) is 6.22. The van der Waals surface area contributed by atoms with Crippen molar-refractivity contribution in [2.24, 2.45) is 11.7 Å². The summed E-state index contributed by atoms with van der Waals surface area (Å²) in [5.74, 6) is -3.64. The average Bonchev–Trinajstić information content (AvgIpc) is 3.40. The van der Waals surface area contributed by atoms with Crippen LogP contribution in [0.5, 0.6) is 5.75 Å². The van der Waals surface area contributed by atoms with Crippen LogP contribution < -0.4 is 15.8 Å². The molecule has 8 nitrogen and oxygen atoms in total. The number of nitrogens with two attached hydrogens (primary N) is 1. The SMILES string of the molecule is CCOC(=O)[C@@H](Oc1ccc(CNC(=O)[C@@H]2SCCN2C(=O)C[C@H](N)Cc2cc(F)c(F)cc2F)cc1)C(C)C.Cl. The van der Waals surface area contributed by atoms with Gasteiger partial charge in [0, 0.05) is 43.3 Å². The summed E-state index contributed by atoms with van der Waals surface area (Å²) in [6.07, 6.45) is -1.09. The van der Waals surface area contributed by atoms with Crippen molar-refractivity contribution < 1.29 is 37.0 Å². The second-order valence-corrected chi connectivity index (χ2v) is 10.9. The first-order valence-electron chi connectivity index (χ1n) is 13.0. The topological polar surface area (TPSA) is 111 Å². The Labute approximate surface area is 247 Å². The Morgan fingerprint density at radius 2 is 1.76 bits per heavy atom. The second-order valence-electron chi connectivity index (χ2n) is 9.73. The van der Waals surface area contributed by atoms with E-state index < -0.39 is 40.9 Å². The van der Waals surface area contributed by atoms with Crippen LogP contribution in [0.15, 0.2) is 36.4 Å². The summed E-state index contributed by atoms with van der Waals surface area (Å²) in [7, 11) is 0. The van der Waals surface area contributed by atoms with Gasteiger partial charge >= 0.3 is 5.97 Å². The smallest absolute Gasteiger partial charge is 0.347 e. The molecule has 0 aliphatic carbocycles. The number of hydrogen-bond acceptors (Lipinski definition) is 7. The minimum absolute atomic E-state index is 0. The van der Waals surface area contributed by atoms with Gasteiger partial charge in [-0.05, 0) is 42.7 Å². The van der Waals surface area contributed by atoms with E-state index in [0.717, 1.165) is 11.6 Å². The highest BCUT2D eigenvalue weighted by Gasteiger charge is 2.35. The van der Waals surface area contributed by atoms with Crippen LogP contribution in [-0.4, -0.2) is 59.1 Å². The van der Waals surface area contributed by atoms with E-state index in [4.69, 9.17) is 15.2 Å². The summed E-state index contributed by atoms with van der Waals surface area (Å²) in [4.78, 5) is 39.3. The van der Waals surface area contributed by atoms with Gasteiger partial charge in [-0.2, -0.15) is 0 Å². The highest BCUT2D eigenvalue weighted by molar-refractivity contribution is 8.00. The molecule has 0 unspecified atom stereocenters. The average molecular weight is 618 g/mol. The first-order valence-corrected chi connectivity index (χ1v) is 14.0. The minimum atomic E-state index is -1.30. The predicted octanol–water partition coefficient (Wildman–Crippen LogP) is 3.97. The molecule has 0 radical (unpaired) electrons. The third kappa shape index (κ3) is 9.54. The van der Waals surface area contributed by atoms with Crippen molar-refractivity contribution >= 4 is 42.0 Å². The number of amides is 2. The zero-order valence-electron chi connectivity index (χ0n) is 23.0. The van der Waals surface area contributed by atoms with E-state index in [1.165, 1.54) is 16.7 Å². The highest BCUT2D eigenvalue weighted by atomic mass is 35.5. The number of hydrogen-bond donors (Lipinski definition) is 2. The number of halogens is 4. The molecule has 0 spiro atoms. The van der Waals surface area contributed by atoms with E-state index in [-0.39, 0.29) is 61.7 Å². The Morgan fingerprint density at radius 3 is 2.39 bits per heavy atom. The first kappa shape index (κ1) is 34.2. The van der Waals surface area contributed by atoms with Crippen LogP contribution in [0.3, 0.4) is 0 Å². The lowest BCUT2D eigenvalue weighted by Gasteiger charge is -2.24. The van der Waals surface area contributed by atoms with Crippen LogP contribution in [0.4, 0.5) is 13.2 Å². The molecule has 1 saturated heterocycles. The fraction of sp³-hybridized carbons (Fsp3) is 0.464. The van der Waals surface area contributed by atoms with Crippen molar-refractivity contribution in [2.75, 3.05) is 18.9 Å². The van der Waals surface area contributed by atoms with Crippen molar-refractivity contribution in [3.05, 3.63) is 65.0 Å². The summed E-state index contributed by atoms with van der Waals surface area (Å²) in [6.45, 7) is 6.27. The second kappa shape index (κ2) is 15.9. The van der Waals surface area contributed by atoms with Gasteiger partial charge in [-0.15, -0.1) is 24.2 Å². The first-order chi connectivity index (χ1) is 19.0. The lowest BCUT2D eigenvalue weighted by atomic mass is 10.0. The number of thioether (sulfide) groups is 1. The van der Waals surface area contributed by atoms with Crippen LogP contribution >= 0.6 is 24.2 Å². The molecule has 1 fully saturated rings. The Morgan fingerprint density at radius 1 is 1.10 bits per heavy atom. The maximum atomic E-state index is 14.0. The van der Waals surface area contributed by atoms with Crippen LogP contribution in [-0.2, 0) is 32.1 Å². The van der Waals surface area contributed by atoms with Crippen molar-refractivity contribution in [1.82, 2.24) is 10.2 Å². The monoisotopic (exact) mass is 617 g/mol. The van der Waals surface area contributed by atoms with Crippen molar-refractivity contribution in [3.63, 3.8) is 0 Å². The minimum Gasteiger partial charge on any atom is -0.478 e. The Kier molecular flexibility index (Phi) is 13.3. The summed E-state index contributed by atoms with van der Waals surface area (Å²) in [6, 6.07) is 7.27. The summed E-state index contributed by atoms with van der Waals surface area (Å²) < 4.78 is 51.5. The summed E-state index contributed by atoms with van der Waals surface area (Å²) >= 11 is 1.31. The molecule has 2 aromatic carbocycles. The molecule has 0 aromatic heterocycles. The van der Waals surface area contributed by atoms with E-state index in [2.05, 4.69) is 5.32 Å². The molecule has 3 N–H and O–H groups in total. The third-order valence-corrected chi connectivity index (χ3v) is 7.42. The molecule has 41 heavy (non-hydrogen) atoms. The maximum absolute atomic E-state index is 14.0. The lowest BCUT2D eigenvalue weighted by molar-refractivity contribution is -0.153. The van der Waals surface area contributed by atoms with E-state index in [0.29, 0.717) is 24.1 Å². The molecule has 3 atom stereocenters. The molecule has 3 rings (SSSR count). The van der Waals surface area contributed by atoms with Gasteiger partial charge in [0.1, 0.15) is 11.6 Å². The largest absolute Gasteiger partial charge is 0.478 e. The number of carbonyl (C=O) groups excluding carboxylic acids is 3. The van der Waals surface area contributed by atoms with E-state index in [9.17, 15) is 27.6 Å².